The van der Waals surface area contributed by atoms with Crippen molar-refractivity contribution < 1.29 is 4.74 Å². The number of rotatable bonds is 5. The molecule has 1 saturated heterocycles. The van der Waals surface area contributed by atoms with Gasteiger partial charge in [0, 0.05) is 12.4 Å². The second-order valence-electron chi connectivity index (χ2n) is 6.88. The summed E-state index contributed by atoms with van der Waals surface area (Å²) in [4.78, 5) is 0. The van der Waals surface area contributed by atoms with Crippen molar-refractivity contribution >= 4 is 11.6 Å². The van der Waals surface area contributed by atoms with E-state index in [2.05, 4.69) is 36.5 Å². The average Bonchev–Trinajstić information content (AvgIpc) is 3.16. The molecule has 3 rings (SSSR count). The molecule has 116 valence electrons. The van der Waals surface area contributed by atoms with Crippen LogP contribution in [0.1, 0.15) is 51.0 Å². The summed E-state index contributed by atoms with van der Waals surface area (Å²) in [5.41, 5.74) is 1.28. The fourth-order valence-corrected chi connectivity index (χ4v) is 4.05. The van der Waals surface area contributed by atoms with Gasteiger partial charge in [-0.15, -0.1) is 11.6 Å². The zero-order valence-corrected chi connectivity index (χ0v) is 13.7. The lowest BCUT2D eigenvalue weighted by Crippen LogP contribution is -2.45. The highest BCUT2D eigenvalue weighted by Crippen LogP contribution is 2.43. The van der Waals surface area contributed by atoms with E-state index in [9.17, 15) is 0 Å². The number of hydrogen-bond acceptors (Lipinski definition) is 2. The van der Waals surface area contributed by atoms with Crippen LogP contribution in [0.25, 0.3) is 0 Å². The normalized spacial score (nSPS) is 27.0. The van der Waals surface area contributed by atoms with Gasteiger partial charge in [-0.3, -0.25) is 0 Å². The van der Waals surface area contributed by atoms with Crippen LogP contribution in [0.5, 0.6) is 0 Å². The first-order valence-corrected chi connectivity index (χ1v) is 8.74. The second-order valence-corrected chi connectivity index (χ2v) is 7.15. The van der Waals surface area contributed by atoms with Gasteiger partial charge in [0.25, 0.3) is 0 Å². The third-order valence-electron chi connectivity index (χ3n) is 5.25. The summed E-state index contributed by atoms with van der Waals surface area (Å²) in [5, 5.41) is 3.65. The Bertz CT molecular complexity index is 458. The zero-order valence-electron chi connectivity index (χ0n) is 12.9. The first-order valence-electron chi connectivity index (χ1n) is 8.20. The molecule has 0 radical (unpaired) electrons. The van der Waals surface area contributed by atoms with E-state index in [-0.39, 0.29) is 11.1 Å². The number of benzene rings is 1. The lowest BCUT2D eigenvalue weighted by Gasteiger charge is -2.31. The molecule has 21 heavy (non-hydrogen) atoms. The Morgan fingerprint density at radius 3 is 2.62 bits per heavy atom. The van der Waals surface area contributed by atoms with Gasteiger partial charge in [-0.1, -0.05) is 43.2 Å². The Morgan fingerprint density at radius 2 is 1.95 bits per heavy atom. The van der Waals surface area contributed by atoms with E-state index >= 15 is 0 Å². The summed E-state index contributed by atoms with van der Waals surface area (Å²) in [6.07, 6.45) is 7.95. The summed E-state index contributed by atoms with van der Waals surface area (Å²) in [6.45, 7) is 3.06. The molecule has 1 aliphatic carbocycles. The van der Waals surface area contributed by atoms with Gasteiger partial charge in [-0.2, -0.15) is 0 Å². The number of halogens is 1. The standard InChI is InChI=1S/C18H26ClNO/c1-17(14-19,15-7-3-2-4-8-15)20-13-16-9-12-18(21-16)10-5-6-11-18/h2-4,7-8,16,20H,5-6,9-14H2,1H3. The Morgan fingerprint density at radius 1 is 1.24 bits per heavy atom. The van der Waals surface area contributed by atoms with Crippen LogP contribution in [0.4, 0.5) is 0 Å². The van der Waals surface area contributed by atoms with Crippen LogP contribution in [0.3, 0.4) is 0 Å². The number of alkyl halides is 1. The fraction of sp³-hybridized carbons (Fsp3) is 0.667. The number of hydrogen-bond donors (Lipinski definition) is 1. The molecule has 0 bridgehead atoms. The summed E-state index contributed by atoms with van der Waals surface area (Å²) in [5.74, 6) is 0.564. The third kappa shape index (κ3) is 3.28. The maximum atomic E-state index is 6.38. The fourth-order valence-electron chi connectivity index (χ4n) is 3.80. The molecular weight excluding hydrogens is 282 g/mol. The van der Waals surface area contributed by atoms with Gasteiger partial charge < -0.3 is 10.1 Å². The summed E-state index contributed by atoms with van der Waals surface area (Å²) in [7, 11) is 0. The lowest BCUT2D eigenvalue weighted by atomic mass is 9.93. The van der Waals surface area contributed by atoms with Gasteiger partial charge in [0.2, 0.25) is 0 Å². The molecule has 1 saturated carbocycles. The highest BCUT2D eigenvalue weighted by molar-refractivity contribution is 6.18. The van der Waals surface area contributed by atoms with E-state index in [0.29, 0.717) is 12.0 Å². The largest absolute Gasteiger partial charge is 0.370 e. The minimum Gasteiger partial charge on any atom is -0.370 e. The Balaban J connectivity index is 1.59. The van der Waals surface area contributed by atoms with Crippen LogP contribution in [0.15, 0.2) is 30.3 Å². The van der Waals surface area contributed by atoms with Crippen LogP contribution in [-0.4, -0.2) is 24.1 Å². The number of nitrogens with one attached hydrogen (secondary N) is 1. The molecule has 1 aliphatic heterocycles. The van der Waals surface area contributed by atoms with Gasteiger partial charge in [0.1, 0.15) is 0 Å². The molecule has 1 N–H and O–H groups in total. The van der Waals surface area contributed by atoms with Crippen molar-refractivity contribution in [2.75, 3.05) is 12.4 Å². The third-order valence-corrected chi connectivity index (χ3v) is 5.79. The van der Waals surface area contributed by atoms with Gasteiger partial charge in [-0.25, -0.2) is 0 Å². The van der Waals surface area contributed by atoms with Crippen LogP contribution in [-0.2, 0) is 10.3 Å². The molecule has 2 atom stereocenters. The first kappa shape index (κ1) is 15.3. The van der Waals surface area contributed by atoms with E-state index in [1.54, 1.807) is 0 Å². The van der Waals surface area contributed by atoms with Crippen molar-refractivity contribution in [1.29, 1.82) is 0 Å². The molecule has 2 unspecified atom stereocenters. The Hall–Kier alpha value is -0.570. The predicted molar refractivity (Wildman–Crippen MR) is 87.8 cm³/mol. The monoisotopic (exact) mass is 307 g/mol. The highest BCUT2D eigenvalue weighted by atomic mass is 35.5. The van der Waals surface area contributed by atoms with Crippen molar-refractivity contribution in [3.05, 3.63) is 35.9 Å². The van der Waals surface area contributed by atoms with Gasteiger partial charge in [0.15, 0.2) is 0 Å². The summed E-state index contributed by atoms with van der Waals surface area (Å²) in [6, 6.07) is 10.5. The molecule has 1 heterocycles. The average molecular weight is 308 g/mol. The van der Waals surface area contributed by atoms with Crippen molar-refractivity contribution in [2.24, 2.45) is 0 Å². The van der Waals surface area contributed by atoms with Gasteiger partial charge in [-0.05, 0) is 38.2 Å². The molecule has 3 heteroatoms. The minimum atomic E-state index is -0.183. The van der Waals surface area contributed by atoms with E-state index in [4.69, 9.17) is 16.3 Å². The lowest BCUT2D eigenvalue weighted by molar-refractivity contribution is -0.0370. The number of ether oxygens (including phenoxy) is 1. The van der Waals surface area contributed by atoms with Crippen molar-refractivity contribution in [1.82, 2.24) is 5.32 Å². The smallest absolute Gasteiger partial charge is 0.0708 e. The molecule has 1 aromatic carbocycles. The molecule has 1 spiro atoms. The first-order chi connectivity index (χ1) is 10.2. The van der Waals surface area contributed by atoms with Crippen molar-refractivity contribution in [3.63, 3.8) is 0 Å². The van der Waals surface area contributed by atoms with Crippen LogP contribution < -0.4 is 5.32 Å². The van der Waals surface area contributed by atoms with Gasteiger partial charge >= 0.3 is 0 Å². The molecule has 2 nitrogen and oxygen atoms in total. The topological polar surface area (TPSA) is 21.3 Å². The van der Waals surface area contributed by atoms with E-state index in [1.165, 1.54) is 44.1 Å². The van der Waals surface area contributed by atoms with Crippen LogP contribution in [0.2, 0.25) is 0 Å². The van der Waals surface area contributed by atoms with E-state index in [0.717, 1.165) is 6.54 Å². The molecule has 1 aromatic rings. The molecule has 0 amide bonds. The Labute approximate surface area is 133 Å². The van der Waals surface area contributed by atoms with E-state index < -0.39 is 0 Å². The predicted octanol–water partition coefficient (Wildman–Crippen LogP) is 4.22. The minimum absolute atomic E-state index is 0.183. The van der Waals surface area contributed by atoms with Crippen molar-refractivity contribution in [3.8, 4) is 0 Å². The molecule has 0 aromatic heterocycles. The van der Waals surface area contributed by atoms with Gasteiger partial charge in [0.05, 0.1) is 17.2 Å². The molecule has 2 aliphatic rings. The zero-order chi connectivity index (χ0) is 14.8. The maximum Gasteiger partial charge on any atom is 0.0708 e. The van der Waals surface area contributed by atoms with Crippen LogP contribution in [0, 0.1) is 0 Å². The maximum absolute atomic E-state index is 6.38. The van der Waals surface area contributed by atoms with Crippen LogP contribution >= 0.6 is 11.6 Å². The quantitative estimate of drug-likeness (QED) is 0.822. The van der Waals surface area contributed by atoms with E-state index in [1.807, 2.05) is 6.07 Å². The Kier molecular flexibility index (Phi) is 4.58. The SMILES string of the molecule is CC(CCl)(NCC1CCC2(CCCC2)O1)c1ccccc1. The van der Waals surface area contributed by atoms with Crippen molar-refractivity contribution in [2.45, 2.75) is 62.7 Å². The highest BCUT2D eigenvalue weighted by Gasteiger charge is 2.42. The second kappa shape index (κ2) is 6.28. The molecular formula is C18H26ClNO. The molecule has 2 fully saturated rings. The summed E-state index contributed by atoms with van der Waals surface area (Å²) < 4.78 is 6.38. The summed E-state index contributed by atoms with van der Waals surface area (Å²) >= 11 is 6.25.